The highest BCUT2D eigenvalue weighted by Crippen LogP contribution is 2.21. The highest BCUT2D eigenvalue weighted by atomic mass is 35.5. The maximum atomic E-state index is 6.26. The van der Waals surface area contributed by atoms with E-state index in [0.29, 0.717) is 11.1 Å². The zero-order valence-electron chi connectivity index (χ0n) is 12.4. The molecule has 2 rings (SSSR count). The first-order valence-electron chi connectivity index (χ1n) is 7.14. The third-order valence-electron chi connectivity index (χ3n) is 3.22. The number of halogens is 1. The van der Waals surface area contributed by atoms with E-state index in [1.54, 1.807) is 0 Å². The van der Waals surface area contributed by atoms with E-state index in [4.69, 9.17) is 11.6 Å². The molecular formula is C16H22ClN3. The number of hydrogen-bond donors (Lipinski definition) is 1. The van der Waals surface area contributed by atoms with Gasteiger partial charge in [0, 0.05) is 12.7 Å². The molecule has 0 aromatic carbocycles. The second-order valence-corrected chi connectivity index (χ2v) is 5.76. The van der Waals surface area contributed by atoms with Gasteiger partial charge in [-0.3, -0.25) is 4.40 Å². The van der Waals surface area contributed by atoms with Crippen molar-refractivity contribution in [3.05, 3.63) is 40.8 Å². The predicted octanol–water partition coefficient (Wildman–Crippen LogP) is 4.03. The van der Waals surface area contributed by atoms with Crippen molar-refractivity contribution < 1.29 is 0 Å². The van der Waals surface area contributed by atoms with Crippen LogP contribution < -0.4 is 5.32 Å². The monoisotopic (exact) mass is 291 g/mol. The van der Waals surface area contributed by atoms with Crippen LogP contribution in [0.1, 0.15) is 32.9 Å². The summed E-state index contributed by atoms with van der Waals surface area (Å²) in [6, 6.07) is 5.92. The zero-order valence-corrected chi connectivity index (χ0v) is 13.1. The Bertz CT molecular complexity index is 599. The van der Waals surface area contributed by atoms with Crippen LogP contribution in [0.5, 0.6) is 0 Å². The van der Waals surface area contributed by atoms with Gasteiger partial charge in [-0.1, -0.05) is 44.0 Å². The van der Waals surface area contributed by atoms with E-state index in [1.807, 2.05) is 28.8 Å². The molecule has 0 aliphatic carbocycles. The Hall–Kier alpha value is -1.32. The average molecular weight is 292 g/mol. The molecule has 0 bridgehead atoms. The van der Waals surface area contributed by atoms with E-state index in [2.05, 4.69) is 37.1 Å². The molecule has 0 atom stereocenters. The Kier molecular flexibility index (Phi) is 5.21. The van der Waals surface area contributed by atoms with Crippen LogP contribution in [0.25, 0.3) is 11.7 Å². The maximum Gasteiger partial charge on any atom is 0.155 e. The minimum atomic E-state index is 0.561. The molecule has 0 unspecified atom stereocenters. The first-order valence-corrected chi connectivity index (χ1v) is 7.52. The molecule has 0 spiro atoms. The minimum Gasteiger partial charge on any atom is -0.313 e. The summed E-state index contributed by atoms with van der Waals surface area (Å²) in [6.07, 6.45) is 5.14. The zero-order chi connectivity index (χ0) is 14.5. The summed E-state index contributed by atoms with van der Waals surface area (Å²) >= 11 is 6.26. The average Bonchev–Trinajstić information content (AvgIpc) is 2.73. The van der Waals surface area contributed by atoms with Gasteiger partial charge in [-0.15, -0.1) is 0 Å². The van der Waals surface area contributed by atoms with E-state index in [9.17, 15) is 0 Å². The number of rotatable bonds is 6. The van der Waals surface area contributed by atoms with Crippen LogP contribution in [0.15, 0.2) is 30.0 Å². The van der Waals surface area contributed by atoms with Crippen molar-refractivity contribution in [1.29, 1.82) is 0 Å². The van der Waals surface area contributed by atoms with Crippen molar-refractivity contribution in [3.8, 4) is 0 Å². The molecule has 1 N–H and O–H groups in total. The standard InChI is InChI=1S/C16H22ClN3/c1-4-13(11-18-10-12(2)3)9-14-16(17)19-15-7-5-6-8-20(14)15/h5-9,12,18H,4,10-11H2,1-3H3. The van der Waals surface area contributed by atoms with Crippen LogP contribution in [-0.4, -0.2) is 22.5 Å². The van der Waals surface area contributed by atoms with Crippen molar-refractivity contribution in [3.63, 3.8) is 0 Å². The van der Waals surface area contributed by atoms with Gasteiger partial charge < -0.3 is 5.32 Å². The highest BCUT2D eigenvalue weighted by Gasteiger charge is 2.08. The Morgan fingerprint density at radius 2 is 2.25 bits per heavy atom. The lowest BCUT2D eigenvalue weighted by Crippen LogP contribution is -2.21. The summed E-state index contributed by atoms with van der Waals surface area (Å²) in [5.41, 5.74) is 3.18. The summed E-state index contributed by atoms with van der Waals surface area (Å²) < 4.78 is 2.03. The summed E-state index contributed by atoms with van der Waals surface area (Å²) in [5.74, 6) is 0.660. The fourth-order valence-electron chi connectivity index (χ4n) is 2.11. The van der Waals surface area contributed by atoms with E-state index in [1.165, 1.54) is 5.57 Å². The molecule has 0 aliphatic heterocycles. The molecule has 0 amide bonds. The van der Waals surface area contributed by atoms with Gasteiger partial charge in [0.05, 0.1) is 5.69 Å². The molecule has 0 saturated carbocycles. The van der Waals surface area contributed by atoms with Crippen LogP contribution >= 0.6 is 11.6 Å². The Morgan fingerprint density at radius 3 is 2.95 bits per heavy atom. The SMILES string of the molecule is CCC(=Cc1c(Cl)nc2ccccn12)CNCC(C)C. The molecule has 108 valence electrons. The van der Waals surface area contributed by atoms with Gasteiger partial charge in [0.25, 0.3) is 0 Å². The Labute approximate surface area is 125 Å². The predicted molar refractivity (Wildman–Crippen MR) is 86.2 cm³/mol. The minimum absolute atomic E-state index is 0.561. The molecule has 2 aromatic heterocycles. The summed E-state index contributed by atoms with van der Waals surface area (Å²) in [5, 5.41) is 4.04. The number of pyridine rings is 1. The van der Waals surface area contributed by atoms with Crippen molar-refractivity contribution in [2.45, 2.75) is 27.2 Å². The molecular weight excluding hydrogens is 270 g/mol. The molecule has 0 aliphatic rings. The first-order chi connectivity index (χ1) is 9.61. The summed E-state index contributed by atoms with van der Waals surface area (Å²) in [6.45, 7) is 8.51. The quantitative estimate of drug-likeness (QED) is 0.871. The molecule has 20 heavy (non-hydrogen) atoms. The van der Waals surface area contributed by atoms with Gasteiger partial charge in [-0.25, -0.2) is 4.98 Å². The van der Waals surface area contributed by atoms with Crippen molar-refractivity contribution in [2.24, 2.45) is 5.92 Å². The van der Waals surface area contributed by atoms with Gasteiger partial charge >= 0.3 is 0 Å². The van der Waals surface area contributed by atoms with Gasteiger partial charge in [0.2, 0.25) is 0 Å². The topological polar surface area (TPSA) is 29.3 Å². The molecule has 3 nitrogen and oxygen atoms in total. The lowest BCUT2D eigenvalue weighted by molar-refractivity contribution is 0.569. The number of nitrogens with zero attached hydrogens (tertiary/aromatic N) is 2. The van der Waals surface area contributed by atoms with Gasteiger partial charge in [0.1, 0.15) is 5.65 Å². The summed E-state index contributed by atoms with van der Waals surface area (Å²) in [7, 11) is 0. The molecule has 4 heteroatoms. The fraction of sp³-hybridized carbons (Fsp3) is 0.438. The lowest BCUT2D eigenvalue weighted by atomic mass is 10.1. The van der Waals surface area contributed by atoms with Crippen LogP contribution in [0.3, 0.4) is 0 Å². The number of nitrogens with one attached hydrogen (secondary N) is 1. The van der Waals surface area contributed by atoms with Crippen LogP contribution in [0.4, 0.5) is 0 Å². The van der Waals surface area contributed by atoms with Crippen molar-refractivity contribution in [2.75, 3.05) is 13.1 Å². The molecule has 0 saturated heterocycles. The number of imidazole rings is 1. The number of fused-ring (bicyclic) bond motifs is 1. The normalized spacial score (nSPS) is 12.6. The van der Waals surface area contributed by atoms with E-state index >= 15 is 0 Å². The van der Waals surface area contributed by atoms with Crippen molar-refractivity contribution in [1.82, 2.24) is 14.7 Å². The Morgan fingerprint density at radius 1 is 1.45 bits per heavy atom. The fourth-order valence-corrected chi connectivity index (χ4v) is 2.34. The summed E-state index contributed by atoms with van der Waals surface area (Å²) in [4.78, 5) is 4.37. The van der Waals surface area contributed by atoms with Crippen LogP contribution in [0.2, 0.25) is 5.15 Å². The number of hydrogen-bond acceptors (Lipinski definition) is 2. The smallest absolute Gasteiger partial charge is 0.155 e. The van der Waals surface area contributed by atoms with Gasteiger partial charge in [-0.2, -0.15) is 0 Å². The van der Waals surface area contributed by atoms with Gasteiger partial charge in [0.15, 0.2) is 5.15 Å². The third-order valence-corrected chi connectivity index (χ3v) is 3.50. The molecule has 0 fully saturated rings. The lowest BCUT2D eigenvalue weighted by Gasteiger charge is -2.09. The van der Waals surface area contributed by atoms with Gasteiger partial charge in [-0.05, 0) is 37.1 Å². The molecule has 2 heterocycles. The second-order valence-electron chi connectivity index (χ2n) is 5.40. The largest absolute Gasteiger partial charge is 0.313 e. The van der Waals surface area contributed by atoms with Crippen molar-refractivity contribution >= 4 is 23.3 Å². The molecule has 0 radical (unpaired) electrons. The van der Waals surface area contributed by atoms with E-state index in [-0.39, 0.29) is 0 Å². The molecule has 2 aromatic rings. The van der Waals surface area contributed by atoms with E-state index in [0.717, 1.165) is 30.9 Å². The van der Waals surface area contributed by atoms with Crippen LogP contribution in [-0.2, 0) is 0 Å². The van der Waals surface area contributed by atoms with Crippen LogP contribution in [0, 0.1) is 5.92 Å². The maximum absolute atomic E-state index is 6.26. The second kappa shape index (κ2) is 6.91. The highest BCUT2D eigenvalue weighted by molar-refractivity contribution is 6.31. The first kappa shape index (κ1) is 15.1. The third kappa shape index (κ3) is 3.62. The Balaban J connectivity index is 2.23. The van der Waals surface area contributed by atoms with E-state index < -0.39 is 0 Å². The number of aromatic nitrogens is 2.